The standard InChI is InChI=1S/C12H25N3O2/c1-10(9-12(2,13)11(16)17-4)15-7-5-14(3)6-8-15/h10H,5-9,13H2,1-4H3. The van der Waals surface area contributed by atoms with Crippen molar-refractivity contribution in [1.82, 2.24) is 9.80 Å². The highest BCUT2D eigenvalue weighted by atomic mass is 16.5. The zero-order valence-corrected chi connectivity index (χ0v) is 11.4. The molecule has 0 saturated carbocycles. The van der Waals surface area contributed by atoms with Crippen molar-refractivity contribution >= 4 is 5.97 Å². The summed E-state index contributed by atoms with van der Waals surface area (Å²) in [4.78, 5) is 16.2. The lowest BCUT2D eigenvalue weighted by Crippen LogP contribution is -2.54. The van der Waals surface area contributed by atoms with Gasteiger partial charge in [-0.05, 0) is 27.3 Å². The summed E-state index contributed by atoms with van der Waals surface area (Å²) in [7, 11) is 3.51. The zero-order chi connectivity index (χ0) is 13.1. The molecule has 0 aromatic heterocycles. The molecule has 2 atom stereocenters. The number of nitrogens with two attached hydrogens (primary N) is 1. The molecule has 1 aliphatic rings. The van der Waals surface area contributed by atoms with Gasteiger partial charge in [0.05, 0.1) is 7.11 Å². The minimum Gasteiger partial charge on any atom is -0.468 e. The van der Waals surface area contributed by atoms with Crippen LogP contribution < -0.4 is 5.73 Å². The van der Waals surface area contributed by atoms with Crippen LogP contribution in [0.5, 0.6) is 0 Å². The quantitative estimate of drug-likeness (QED) is 0.699. The van der Waals surface area contributed by atoms with Crippen LogP contribution in [0, 0.1) is 0 Å². The fourth-order valence-electron chi connectivity index (χ4n) is 2.32. The Bertz CT molecular complexity index is 260. The van der Waals surface area contributed by atoms with Crippen LogP contribution in [-0.2, 0) is 9.53 Å². The fraction of sp³-hybridized carbons (Fsp3) is 0.917. The lowest BCUT2D eigenvalue weighted by molar-refractivity contribution is -0.147. The highest BCUT2D eigenvalue weighted by Gasteiger charge is 2.33. The lowest BCUT2D eigenvalue weighted by atomic mass is 9.94. The Morgan fingerprint density at radius 3 is 2.41 bits per heavy atom. The number of piperazine rings is 1. The molecule has 1 aliphatic heterocycles. The number of hydrogen-bond acceptors (Lipinski definition) is 5. The van der Waals surface area contributed by atoms with E-state index < -0.39 is 5.54 Å². The Morgan fingerprint density at radius 2 is 1.94 bits per heavy atom. The van der Waals surface area contributed by atoms with E-state index in [1.807, 2.05) is 0 Å². The molecule has 0 aromatic rings. The summed E-state index contributed by atoms with van der Waals surface area (Å²) in [5.41, 5.74) is 5.10. The minimum atomic E-state index is -0.891. The van der Waals surface area contributed by atoms with Crippen molar-refractivity contribution in [3.05, 3.63) is 0 Å². The van der Waals surface area contributed by atoms with Gasteiger partial charge in [0, 0.05) is 32.2 Å². The molecule has 0 aromatic carbocycles. The molecule has 1 saturated heterocycles. The first kappa shape index (κ1) is 14.4. The van der Waals surface area contributed by atoms with Crippen LogP contribution in [0.4, 0.5) is 0 Å². The molecule has 100 valence electrons. The predicted octanol–water partition coefficient (Wildman–Crippen LogP) is -0.0972. The molecular formula is C12H25N3O2. The smallest absolute Gasteiger partial charge is 0.325 e. The maximum atomic E-state index is 11.5. The molecule has 1 fully saturated rings. The van der Waals surface area contributed by atoms with Crippen molar-refractivity contribution in [1.29, 1.82) is 0 Å². The third-order valence-electron chi connectivity index (χ3n) is 3.53. The Hall–Kier alpha value is -0.650. The first-order valence-electron chi connectivity index (χ1n) is 6.16. The first-order valence-corrected chi connectivity index (χ1v) is 6.16. The molecule has 0 amide bonds. The van der Waals surface area contributed by atoms with Gasteiger partial charge in [0.15, 0.2) is 0 Å². The SMILES string of the molecule is COC(=O)C(C)(N)CC(C)N1CCN(C)CC1. The van der Waals surface area contributed by atoms with Crippen LogP contribution in [-0.4, -0.2) is 67.7 Å². The number of carbonyl (C=O) groups is 1. The largest absolute Gasteiger partial charge is 0.468 e. The molecule has 0 bridgehead atoms. The average Bonchev–Trinajstić information content (AvgIpc) is 2.28. The van der Waals surface area contributed by atoms with E-state index in [9.17, 15) is 4.79 Å². The lowest BCUT2D eigenvalue weighted by Gasteiger charge is -2.38. The molecule has 5 nitrogen and oxygen atoms in total. The van der Waals surface area contributed by atoms with Crippen LogP contribution >= 0.6 is 0 Å². The average molecular weight is 243 g/mol. The third-order valence-corrected chi connectivity index (χ3v) is 3.53. The molecule has 2 N–H and O–H groups in total. The second-order valence-electron chi connectivity index (χ2n) is 5.30. The third kappa shape index (κ3) is 3.94. The molecular weight excluding hydrogens is 218 g/mol. The Morgan fingerprint density at radius 1 is 1.41 bits per heavy atom. The van der Waals surface area contributed by atoms with E-state index in [0.29, 0.717) is 12.5 Å². The van der Waals surface area contributed by atoms with E-state index in [1.165, 1.54) is 7.11 Å². The zero-order valence-electron chi connectivity index (χ0n) is 11.4. The van der Waals surface area contributed by atoms with E-state index >= 15 is 0 Å². The van der Waals surface area contributed by atoms with E-state index in [1.54, 1.807) is 6.92 Å². The number of nitrogens with zero attached hydrogens (tertiary/aromatic N) is 2. The highest BCUT2D eigenvalue weighted by molar-refractivity contribution is 5.79. The van der Waals surface area contributed by atoms with Gasteiger partial charge in [0.2, 0.25) is 0 Å². The summed E-state index contributed by atoms with van der Waals surface area (Å²) < 4.78 is 4.73. The number of ether oxygens (including phenoxy) is 1. The van der Waals surface area contributed by atoms with Crippen LogP contribution in [0.2, 0.25) is 0 Å². The highest BCUT2D eigenvalue weighted by Crippen LogP contribution is 2.16. The summed E-state index contributed by atoms with van der Waals surface area (Å²) in [5.74, 6) is -0.335. The summed E-state index contributed by atoms with van der Waals surface area (Å²) >= 11 is 0. The van der Waals surface area contributed by atoms with Gasteiger partial charge < -0.3 is 15.4 Å². The molecule has 2 unspecified atom stereocenters. The summed E-state index contributed by atoms with van der Waals surface area (Å²) in [6.07, 6.45) is 0.628. The van der Waals surface area contributed by atoms with E-state index in [4.69, 9.17) is 10.5 Å². The summed E-state index contributed by atoms with van der Waals surface area (Å²) in [6, 6.07) is 0.304. The monoisotopic (exact) mass is 243 g/mol. The van der Waals surface area contributed by atoms with Gasteiger partial charge in [-0.25, -0.2) is 0 Å². The fourth-order valence-corrected chi connectivity index (χ4v) is 2.32. The summed E-state index contributed by atoms with van der Waals surface area (Å²) in [5, 5.41) is 0. The Kier molecular flexibility index (Phi) is 4.91. The van der Waals surface area contributed by atoms with Crippen molar-refractivity contribution in [2.24, 2.45) is 5.73 Å². The van der Waals surface area contributed by atoms with Crippen molar-refractivity contribution < 1.29 is 9.53 Å². The number of hydrogen-bond donors (Lipinski definition) is 1. The Balaban J connectivity index is 2.48. The minimum absolute atomic E-state index is 0.304. The summed E-state index contributed by atoms with van der Waals surface area (Å²) in [6.45, 7) is 8.09. The predicted molar refractivity (Wildman–Crippen MR) is 67.8 cm³/mol. The van der Waals surface area contributed by atoms with Crippen LogP contribution in [0.25, 0.3) is 0 Å². The van der Waals surface area contributed by atoms with Crippen LogP contribution in [0.3, 0.4) is 0 Å². The molecule has 0 spiro atoms. The first-order chi connectivity index (χ1) is 7.86. The van der Waals surface area contributed by atoms with Crippen molar-refractivity contribution in [3.8, 4) is 0 Å². The van der Waals surface area contributed by atoms with Gasteiger partial charge in [-0.15, -0.1) is 0 Å². The molecule has 0 radical (unpaired) electrons. The van der Waals surface area contributed by atoms with Gasteiger partial charge in [-0.2, -0.15) is 0 Å². The molecule has 0 aliphatic carbocycles. The molecule has 1 heterocycles. The van der Waals surface area contributed by atoms with Gasteiger partial charge in [-0.3, -0.25) is 9.69 Å². The Labute approximate surface area is 104 Å². The number of carbonyl (C=O) groups excluding carboxylic acids is 1. The maximum Gasteiger partial charge on any atom is 0.325 e. The van der Waals surface area contributed by atoms with E-state index in [2.05, 4.69) is 23.8 Å². The number of likely N-dealkylation sites (N-methyl/N-ethyl adjacent to an activating group) is 1. The van der Waals surface area contributed by atoms with Gasteiger partial charge in [0.25, 0.3) is 0 Å². The van der Waals surface area contributed by atoms with Crippen LogP contribution in [0.1, 0.15) is 20.3 Å². The molecule has 1 rings (SSSR count). The maximum absolute atomic E-state index is 11.5. The number of rotatable bonds is 4. The number of esters is 1. The molecule has 5 heteroatoms. The van der Waals surface area contributed by atoms with Crippen molar-refractivity contribution in [2.75, 3.05) is 40.3 Å². The second kappa shape index (κ2) is 5.80. The normalized spacial score (nSPS) is 24.1. The second-order valence-corrected chi connectivity index (χ2v) is 5.30. The van der Waals surface area contributed by atoms with Crippen molar-refractivity contribution in [2.45, 2.75) is 31.8 Å². The van der Waals surface area contributed by atoms with E-state index in [-0.39, 0.29) is 5.97 Å². The number of methoxy groups -OCH3 is 1. The van der Waals surface area contributed by atoms with Crippen molar-refractivity contribution in [3.63, 3.8) is 0 Å². The van der Waals surface area contributed by atoms with E-state index in [0.717, 1.165) is 26.2 Å². The van der Waals surface area contributed by atoms with Gasteiger partial charge in [0.1, 0.15) is 5.54 Å². The topological polar surface area (TPSA) is 58.8 Å². The van der Waals surface area contributed by atoms with Gasteiger partial charge in [-0.1, -0.05) is 0 Å². The van der Waals surface area contributed by atoms with Gasteiger partial charge >= 0.3 is 5.97 Å². The van der Waals surface area contributed by atoms with Crippen LogP contribution in [0.15, 0.2) is 0 Å². The molecule has 17 heavy (non-hydrogen) atoms.